The predicted molar refractivity (Wildman–Crippen MR) is 98.8 cm³/mol. The number of unbranched alkanes of at least 4 members (excludes halogenated alkanes) is 2. The monoisotopic (exact) mass is 366 g/mol. The first-order valence-corrected chi connectivity index (χ1v) is 8.04. The number of nitrogens with one attached hydrogen (secondary N) is 1. The number of hydrogen-bond donors (Lipinski definition) is 1. The molecule has 1 atom stereocenters. The van der Waals surface area contributed by atoms with E-state index in [0.29, 0.717) is 5.75 Å². The van der Waals surface area contributed by atoms with Crippen LogP contribution in [0.4, 0.5) is 4.39 Å². The van der Waals surface area contributed by atoms with E-state index in [9.17, 15) is 4.39 Å². The maximum absolute atomic E-state index is 14.4. The molecule has 0 aliphatic carbocycles. The summed E-state index contributed by atoms with van der Waals surface area (Å²) >= 11 is 0. The minimum Gasteiger partial charge on any atom is -0.497 e. The van der Waals surface area contributed by atoms with Crippen molar-refractivity contribution in [1.29, 1.82) is 0 Å². The van der Waals surface area contributed by atoms with Crippen molar-refractivity contribution in [2.45, 2.75) is 38.6 Å². The second kappa shape index (κ2) is 11.9. The third kappa shape index (κ3) is 6.46. The van der Waals surface area contributed by atoms with Gasteiger partial charge < -0.3 is 10.1 Å². The summed E-state index contributed by atoms with van der Waals surface area (Å²) in [5, 5.41) is 3.37. The van der Waals surface area contributed by atoms with E-state index in [2.05, 4.69) is 17.1 Å². The van der Waals surface area contributed by atoms with Crippen molar-refractivity contribution in [2.24, 2.45) is 0 Å². The van der Waals surface area contributed by atoms with Crippen LogP contribution in [0.5, 0.6) is 5.75 Å². The molecule has 2 rings (SSSR count). The van der Waals surface area contributed by atoms with E-state index in [1.54, 1.807) is 7.11 Å². The van der Waals surface area contributed by atoms with Gasteiger partial charge in [0.05, 0.1) is 7.11 Å². The van der Waals surface area contributed by atoms with Crippen molar-refractivity contribution in [2.75, 3.05) is 33.3 Å². The zero-order valence-corrected chi connectivity index (χ0v) is 15.6. The van der Waals surface area contributed by atoms with E-state index in [1.165, 1.54) is 18.9 Å². The largest absolute Gasteiger partial charge is 0.497 e. The van der Waals surface area contributed by atoms with Crippen LogP contribution in [0.15, 0.2) is 18.2 Å². The minimum absolute atomic E-state index is 0. The van der Waals surface area contributed by atoms with Crippen LogP contribution in [0.1, 0.15) is 44.2 Å². The first-order chi connectivity index (χ1) is 10.3. The molecule has 1 heterocycles. The molecule has 0 saturated carbocycles. The molecule has 0 amide bonds. The Kier molecular flexibility index (Phi) is 11.6. The molecule has 1 aliphatic heterocycles. The summed E-state index contributed by atoms with van der Waals surface area (Å²) in [6.07, 6.45) is 4.58. The summed E-state index contributed by atoms with van der Waals surface area (Å²) in [5.74, 6) is 0.443. The Morgan fingerprint density at radius 2 is 1.91 bits per heavy atom. The standard InChI is InChI=1S/C17H27FN2O.2ClH/c1-3-4-5-6-17(20-11-9-19-10-12-20)15-8-7-14(21-2)13-16(15)18;;/h7-8,13,17,19H,3-6,9-12H2,1-2H3;2*1H/t17-;;/m1../s1. The lowest BCUT2D eigenvalue weighted by Crippen LogP contribution is -2.45. The summed E-state index contributed by atoms with van der Waals surface area (Å²) in [5.41, 5.74) is 0.814. The molecule has 1 saturated heterocycles. The van der Waals surface area contributed by atoms with Crippen LogP contribution in [0.2, 0.25) is 0 Å². The normalized spacial score (nSPS) is 16.1. The highest BCUT2D eigenvalue weighted by Crippen LogP contribution is 2.30. The molecule has 0 spiro atoms. The Morgan fingerprint density at radius 1 is 1.22 bits per heavy atom. The van der Waals surface area contributed by atoms with E-state index in [1.807, 2.05) is 12.1 Å². The second-order valence-electron chi connectivity index (χ2n) is 5.68. The zero-order valence-electron chi connectivity index (χ0n) is 14.0. The summed E-state index contributed by atoms with van der Waals surface area (Å²) in [6.45, 7) is 6.16. The molecule has 0 radical (unpaired) electrons. The number of methoxy groups -OCH3 is 1. The van der Waals surface area contributed by atoms with Crippen LogP contribution < -0.4 is 10.1 Å². The number of benzene rings is 1. The third-order valence-electron chi connectivity index (χ3n) is 4.24. The molecule has 23 heavy (non-hydrogen) atoms. The van der Waals surface area contributed by atoms with Gasteiger partial charge in [0.2, 0.25) is 0 Å². The number of halogens is 3. The van der Waals surface area contributed by atoms with Crippen LogP contribution in [0.25, 0.3) is 0 Å². The van der Waals surface area contributed by atoms with Crippen molar-refractivity contribution >= 4 is 24.8 Å². The smallest absolute Gasteiger partial charge is 0.131 e. The Bertz CT molecular complexity index is 443. The van der Waals surface area contributed by atoms with Crippen LogP contribution in [-0.2, 0) is 0 Å². The number of hydrogen-bond acceptors (Lipinski definition) is 3. The van der Waals surface area contributed by atoms with Crippen molar-refractivity contribution < 1.29 is 9.13 Å². The lowest BCUT2D eigenvalue weighted by molar-refractivity contribution is 0.159. The van der Waals surface area contributed by atoms with Gasteiger partial charge in [-0.25, -0.2) is 4.39 Å². The van der Waals surface area contributed by atoms with Gasteiger partial charge in [0.1, 0.15) is 11.6 Å². The Hall–Kier alpha value is -0.550. The molecule has 134 valence electrons. The fraction of sp³-hybridized carbons (Fsp3) is 0.647. The molecular formula is C17H29Cl2FN2O. The Balaban J connectivity index is 0.00000242. The van der Waals surface area contributed by atoms with Gasteiger partial charge in [-0.1, -0.05) is 32.3 Å². The summed E-state index contributed by atoms with van der Waals surface area (Å²) in [4.78, 5) is 2.41. The van der Waals surface area contributed by atoms with Crippen LogP contribution >= 0.6 is 24.8 Å². The predicted octanol–water partition coefficient (Wildman–Crippen LogP) is 4.20. The molecule has 1 N–H and O–H groups in total. The van der Waals surface area contributed by atoms with E-state index < -0.39 is 0 Å². The first-order valence-electron chi connectivity index (χ1n) is 8.04. The molecule has 3 nitrogen and oxygen atoms in total. The molecular weight excluding hydrogens is 338 g/mol. The zero-order chi connectivity index (χ0) is 15.1. The summed E-state index contributed by atoms with van der Waals surface area (Å²) < 4.78 is 19.5. The Morgan fingerprint density at radius 3 is 2.48 bits per heavy atom. The average Bonchev–Trinajstić information content (AvgIpc) is 2.53. The summed E-state index contributed by atoms with van der Waals surface area (Å²) in [7, 11) is 1.57. The van der Waals surface area contributed by atoms with Crippen LogP contribution in [0.3, 0.4) is 0 Å². The molecule has 0 unspecified atom stereocenters. The van der Waals surface area contributed by atoms with E-state index in [0.717, 1.165) is 44.6 Å². The van der Waals surface area contributed by atoms with Crippen LogP contribution in [0, 0.1) is 5.82 Å². The molecule has 1 aromatic rings. The van der Waals surface area contributed by atoms with Gasteiger partial charge in [-0.05, 0) is 12.5 Å². The average molecular weight is 367 g/mol. The van der Waals surface area contributed by atoms with Gasteiger partial charge in [-0.15, -0.1) is 24.8 Å². The van der Waals surface area contributed by atoms with E-state index in [-0.39, 0.29) is 36.7 Å². The highest BCUT2D eigenvalue weighted by Gasteiger charge is 2.24. The van der Waals surface area contributed by atoms with Gasteiger partial charge in [-0.3, -0.25) is 4.90 Å². The van der Waals surface area contributed by atoms with Gasteiger partial charge in [0.25, 0.3) is 0 Å². The molecule has 0 bridgehead atoms. The number of nitrogens with zero attached hydrogens (tertiary/aromatic N) is 1. The SMILES string of the molecule is CCCCC[C@H](c1ccc(OC)cc1F)N1CCNCC1.Cl.Cl. The molecule has 6 heteroatoms. The maximum atomic E-state index is 14.4. The minimum atomic E-state index is -0.144. The van der Waals surface area contributed by atoms with Crippen molar-refractivity contribution in [3.05, 3.63) is 29.6 Å². The topological polar surface area (TPSA) is 24.5 Å². The van der Waals surface area contributed by atoms with Crippen molar-refractivity contribution in [3.8, 4) is 5.75 Å². The van der Waals surface area contributed by atoms with E-state index >= 15 is 0 Å². The van der Waals surface area contributed by atoms with Gasteiger partial charge in [0.15, 0.2) is 0 Å². The summed E-state index contributed by atoms with van der Waals surface area (Å²) in [6, 6.07) is 5.45. The molecule has 1 aliphatic rings. The number of rotatable bonds is 7. The molecule has 0 aromatic heterocycles. The van der Waals surface area contributed by atoms with Crippen molar-refractivity contribution in [1.82, 2.24) is 10.2 Å². The molecule has 1 fully saturated rings. The van der Waals surface area contributed by atoms with Gasteiger partial charge in [0, 0.05) is 43.9 Å². The number of piperazine rings is 1. The molecule has 1 aromatic carbocycles. The maximum Gasteiger partial charge on any atom is 0.131 e. The lowest BCUT2D eigenvalue weighted by atomic mass is 9.97. The van der Waals surface area contributed by atoms with Gasteiger partial charge >= 0.3 is 0 Å². The lowest BCUT2D eigenvalue weighted by Gasteiger charge is -2.35. The van der Waals surface area contributed by atoms with Gasteiger partial charge in [-0.2, -0.15) is 0 Å². The fourth-order valence-electron chi connectivity index (χ4n) is 3.02. The van der Waals surface area contributed by atoms with Crippen molar-refractivity contribution in [3.63, 3.8) is 0 Å². The first kappa shape index (κ1) is 22.4. The number of ether oxygens (including phenoxy) is 1. The van der Waals surface area contributed by atoms with Crippen LogP contribution in [-0.4, -0.2) is 38.2 Å². The van der Waals surface area contributed by atoms with E-state index in [4.69, 9.17) is 4.74 Å². The second-order valence-corrected chi connectivity index (χ2v) is 5.68. The third-order valence-corrected chi connectivity index (χ3v) is 4.24. The highest BCUT2D eigenvalue weighted by atomic mass is 35.5. The Labute approximate surface area is 151 Å². The quantitative estimate of drug-likeness (QED) is 0.731. The fourth-order valence-corrected chi connectivity index (χ4v) is 3.02. The highest BCUT2D eigenvalue weighted by molar-refractivity contribution is 5.85.